The van der Waals surface area contributed by atoms with Crippen LogP contribution in [0.3, 0.4) is 0 Å². The summed E-state index contributed by atoms with van der Waals surface area (Å²) >= 11 is 0. The average Bonchev–Trinajstić information content (AvgIpc) is 2.92. The Bertz CT molecular complexity index is 526. The minimum Gasteiger partial charge on any atom is -0.342 e. The lowest BCUT2D eigenvalue weighted by Crippen LogP contribution is -2.42. The summed E-state index contributed by atoms with van der Waals surface area (Å²) in [5.41, 5.74) is 0.712. The summed E-state index contributed by atoms with van der Waals surface area (Å²) in [6.45, 7) is 4.49. The summed E-state index contributed by atoms with van der Waals surface area (Å²) < 4.78 is 1.82. The Morgan fingerprint density at radius 2 is 2.23 bits per heavy atom. The van der Waals surface area contributed by atoms with E-state index in [0.29, 0.717) is 12.2 Å². The molecule has 7 heteroatoms. The van der Waals surface area contributed by atoms with Crippen LogP contribution < -0.4 is 5.32 Å². The number of nitrogens with one attached hydrogen (secondary N) is 1. The van der Waals surface area contributed by atoms with E-state index in [9.17, 15) is 9.59 Å². The third-order valence-electron chi connectivity index (χ3n) is 3.91. The first kappa shape index (κ1) is 16.5. The van der Waals surface area contributed by atoms with E-state index in [1.807, 2.05) is 25.0 Å². The molecule has 1 N–H and O–H groups in total. The first-order valence-corrected chi connectivity index (χ1v) is 7.69. The molecule has 122 valence electrons. The highest BCUT2D eigenvalue weighted by Crippen LogP contribution is 2.18. The van der Waals surface area contributed by atoms with Gasteiger partial charge in [-0.1, -0.05) is 0 Å². The molecule has 22 heavy (non-hydrogen) atoms. The molecule has 1 atom stereocenters. The van der Waals surface area contributed by atoms with Crippen LogP contribution in [0.15, 0.2) is 12.4 Å². The van der Waals surface area contributed by atoms with Crippen LogP contribution in [0, 0.1) is 5.92 Å². The van der Waals surface area contributed by atoms with Crippen molar-refractivity contribution in [3.8, 4) is 0 Å². The number of aromatic nitrogens is 2. The van der Waals surface area contributed by atoms with E-state index in [2.05, 4.69) is 15.3 Å². The van der Waals surface area contributed by atoms with Crippen molar-refractivity contribution in [2.45, 2.75) is 26.3 Å². The van der Waals surface area contributed by atoms with Crippen molar-refractivity contribution in [2.24, 2.45) is 5.92 Å². The van der Waals surface area contributed by atoms with Gasteiger partial charge in [-0.25, -0.2) is 0 Å². The van der Waals surface area contributed by atoms with Crippen LogP contribution in [-0.4, -0.2) is 65.1 Å². The summed E-state index contributed by atoms with van der Waals surface area (Å²) in [6.07, 6.45) is 5.20. The second-order valence-corrected chi connectivity index (χ2v) is 6.09. The number of nitrogens with zero attached hydrogens (tertiary/aromatic N) is 4. The molecule has 2 rings (SSSR count). The Morgan fingerprint density at radius 3 is 2.91 bits per heavy atom. The van der Waals surface area contributed by atoms with Gasteiger partial charge in [-0.05, 0) is 26.9 Å². The van der Waals surface area contributed by atoms with Crippen LogP contribution in [0.1, 0.15) is 19.8 Å². The van der Waals surface area contributed by atoms with Crippen LogP contribution in [-0.2, 0) is 16.1 Å². The maximum absolute atomic E-state index is 12.3. The van der Waals surface area contributed by atoms with Crippen LogP contribution in [0.25, 0.3) is 0 Å². The van der Waals surface area contributed by atoms with Crippen molar-refractivity contribution in [2.75, 3.05) is 39.0 Å². The summed E-state index contributed by atoms with van der Waals surface area (Å²) in [5, 5.41) is 7.15. The van der Waals surface area contributed by atoms with Crippen molar-refractivity contribution >= 4 is 17.5 Å². The van der Waals surface area contributed by atoms with Crippen LogP contribution in [0.2, 0.25) is 0 Å². The number of carbonyl (C=O) groups excluding carboxylic acids is 2. The van der Waals surface area contributed by atoms with Gasteiger partial charge >= 0.3 is 0 Å². The molecule has 2 heterocycles. The fourth-order valence-corrected chi connectivity index (χ4v) is 2.57. The lowest BCUT2D eigenvalue weighted by atomic mass is 9.97. The largest absolute Gasteiger partial charge is 0.342 e. The highest BCUT2D eigenvalue weighted by molar-refractivity contribution is 5.92. The summed E-state index contributed by atoms with van der Waals surface area (Å²) in [4.78, 5) is 27.6. The van der Waals surface area contributed by atoms with Gasteiger partial charge in [0.05, 0.1) is 24.3 Å². The molecule has 0 spiro atoms. The van der Waals surface area contributed by atoms with E-state index in [-0.39, 0.29) is 17.7 Å². The predicted octanol–water partition coefficient (Wildman–Crippen LogP) is 0.642. The third kappa shape index (κ3) is 4.56. The fourth-order valence-electron chi connectivity index (χ4n) is 2.57. The van der Waals surface area contributed by atoms with E-state index in [1.54, 1.807) is 18.0 Å². The number of hydrogen-bond donors (Lipinski definition) is 1. The van der Waals surface area contributed by atoms with Crippen LogP contribution in [0.4, 0.5) is 5.69 Å². The second-order valence-electron chi connectivity index (χ2n) is 6.09. The highest BCUT2D eigenvalue weighted by atomic mass is 16.2. The van der Waals surface area contributed by atoms with Gasteiger partial charge in [-0.3, -0.25) is 14.3 Å². The van der Waals surface area contributed by atoms with E-state index >= 15 is 0 Å². The molecule has 1 aliphatic heterocycles. The van der Waals surface area contributed by atoms with Gasteiger partial charge in [0.2, 0.25) is 11.8 Å². The molecule has 0 radical (unpaired) electrons. The molecule has 1 aromatic rings. The molecule has 0 saturated carbocycles. The van der Waals surface area contributed by atoms with E-state index in [1.165, 1.54) is 0 Å². The number of hydrogen-bond acceptors (Lipinski definition) is 4. The van der Waals surface area contributed by atoms with Crippen LogP contribution >= 0.6 is 0 Å². The number of amides is 2. The topological polar surface area (TPSA) is 70.5 Å². The zero-order valence-corrected chi connectivity index (χ0v) is 13.6. The maximum atomic E-state index is 12.3. The number of anilines is 1. The number of likely N-dealkylation sites (tertiary alicyclic amines) is 1. The van der Waals surface area contributed by atoms with Crippen molar-refractivity contribution in [1.82, 2.24) is 19.6 Å². The smallest absolute Gasteiger partial charge is 0.229 e. The SMILES string of the molecule is CC(=O)N1CCCC(C(=O)Nc2cnn(CCN(C)C)c2)C1. The summed E-state index contributed by atoms with van der Waals surface area (Å²) in [6, 6.07) is 0. The zero-order chi connectivity index (χ0) is 16.1. The minimum absolute atomic E-state index is 0.0295. The quantitative estimate of drug-likeness (QED) is 0.867. The van der Waals surface area contributed by atoms with Gasteiger partial charge in [-0.15, -0.1) is 0 Å². The Hall–Kier alpha value is -1.89. The molecule has 1 fully saturated rings. The Balaban J connectivity index is 1.87. The van der Waals surface area contributed by atoms with Crippen LogP contribution in [0.5, 0.6) is 0 Å². The van der Waals surface area contributed by atoms with Crippen molar-refractivity contribution in [1.29, 1.82) is 0 Å². The average molecular weight is 307 g/mol. The number of piperidine rings is 1. The van der Waals surface area contributed by atoms with Gasteiger partial charge in [-0.2, -0.15) is 5.10 Å². The Labute approximate surface area is 131 Å². The van der Waals surface area contributed by atoms with Crippen molar-refractivity contribution < 1.29 is 9.59 Å². The lowest BCUT2D eigenvalue weighted by molar-refractivity contribution is -0.132. The predicted molar refractivity (Wildman–Crippen MR) is 84.4 cm³/mol. The molecule has 1 aliphatic rings. The molecule has 1 saturated heterocycles. The first-order chi connectivity index (χ1) is 10.5. The number of likely N-dealkylation sites (N-methyl/N-ethyl adjacent to an activating group) is 1. The van der Waals surface area contributed by atoms with E-state index in [4.69, 9.17) is 0 Å². The fraction of sp³-hybridized carbons (Fsp3) is 0.667. The van der Waals surface area contributed by atoms with Gasteiger partial charge in [0.15, 0.2) is 0 Å². The van der Waals surface area contributed by atoms with Crippen molar-refractivity contribution in [3.63, 3.8) is 0 Å². The standard InChI is InChI=1S/C15H25N5O2/c1-12(21)19-6-4-5-13(10-19)15(22)17-14-9-16-20(11-14)8-7-18(2)3/h9,11,13H,4-8,10H2,1-3H3,(H,17,22). The molecule has 1 unspecified atom stereocenters. The van der Waals surface area contributed by atoms with Gasteiger partial charge in [0.25, 0.3) is 0 Å². The summed E-state index contributed by atoms with van der Waals surface area (Å²) in [5.74, 6) is -0.130. The van der Waals surface area contributed by atoms with E-state index < -0.39 is 0 Å². The minimum atomic E-state index is -0.136. The van der Waals surface area contributed by atoms with E-state index in [0.717, 1.165) is 32.5 Å². The molecule has 1 aromatic heterocycles. The van der Waals surface area contributed by atoms with Crippen molar-refractivity contribution in [3.05, 3.63) is 12.4 Å². The second kappa shape index (κ2) is 7.40. The Kier molecular flexibility index (Phi) is 5.54. The van der Waals surface area contributed by atoms with Gasteiger partial charge in [0, 0.05) is 32.8 Å². The molecule has 0 aliphatic carbocycles. The number of rotatable bonds is 5. The van der Waals surface area contributed by atoms with Gasteiger partial charge < -0.3 is 15.1 Å². The third-order valence-corrected chi connectivity index (χ3v) is 3.91. The van der Waals surface area contributed by atoms with Gasteiger partial charge in [0.1, 0.15) is 0 Å². The Morgan fingerprint density at radius 1 is 1.45 bits per heavy atom. The summed E-state index contributed by atoms with van der Waals surface area (Å²) in [7, 11) is 4.02. The molecular formula is C15H25N5O2. The number of carbonyl (C=O) groups is 2. The monoisotopic (exact) mass is 307 g/mol. The molecular weight excluding hydrogens is 282 g/mol. The zero-order valence-electron chi connectivity index (χ0n) is 13.6. The maximum Gasteiger partial charge on any atom is 0.229 e. The molecule has 0 bridgehead atoms. The molecule has 7 nitrogen and oxygen atoms in total. The highest BCUT2D eigenvalue weighted by Gasteiger charge is 2.27. The molecule has 0 aromatic carbocycles. The first-order valence-electron chi connectivity index (χ1n) is 7.69. The molecule has 2 amide bonds. The normalized spacial score (nSPS) is 18.5. The lowest BCUT2D eigenvalue weighted by Gasteiger charge is -2.31.